The predicted molar refractivity (Wildman–Crippen MR) is 98.1 cm³/mol. The molecular weight excluding hydrogens is 379 g/mol. The van der Waals surface area contributed by atoms with Crippen LogP contribution in [0.25, 0.3) is 16.7 Å². The van der Waals surface area contributed by atoms with Gasteiger partial charge in [-0.05, 0) is 19.1 Å². The Morgan fingerprint density at radius 1 is 1.12 bits per heavy atom. The van der Waals surface area contributed by atoms with E-state index < -0.39 is 5.56 Å². The molecule has 0 unspecified atom stereocenters. The summed E-state index contributed by atoms with van der Waals surface area (Å²) in [7, 11) is 1.63. The monoisotopic (exact) mass is 390 g/mol. The average molecular weight is 391 g/mol. The molecule has 3 aromatic heterocycles. The molecule has 0 aliphatic heterocycles. The van der Waals surface area contributed by atoms with Gasteiger partial charge in [0, 0.05) is 7.05 Å². The Labute approximate surface area is 156 Å². The van der Waals surface area contributed by atoms with E-state index in [2.05, 4.69) is 15.3 Å². The summed E-state index contributed by atoms with van der Waals surface area (Å²) in [6.45, 7) is 1.94. The molecule has 10 heteroatoms. The molecule has 0 bridgehead atoms. The Hall–Kier alpha value is -2.71. The fraction of sp³-hybridized carbons (Fsp3) is 0.188. The maximum atomic E-state index is 12.6. The Morgan fingerprint density at radius 3 is 2.65 bits per heavy atom. The van der Waals surface area contributed by atoms with E-state index in [1.165, 1.54) is 10.8 Å². The van der Waals surface area contributed by atoms with E-state index in [9.17, 15) is 9.59 Å². The standard InChI is InChI=1S/C16H12Cl2N6O2/c1-8-3-4-11-9(5-8)14(25)22(2)16-21-20-12(24(11)16)7-23-15(26)13(18)10(17)6-19-23/h3-6H,7H2,1-2H3. The van der Waals surface area contributed by atoms with E-state index in [0.717, 1.165) is 10.2 Å². The SMILES string of the molecule is Cc1ccc2c(c1)c(=O)n(C)c1nnc(Cn3ncc(Cl)c(Cl)c3=O)n21. The number of rotatable bonds is 2. The first-order valence-corrected chi connectivity index (χ1v) is 8.38. The third-order valence-electron chi connectivity index (χ3n) is 4.17. The number of hydrogen-bond acceptors (Lipinski definition) is 5. The number of hydrogen-bond donors (Lipinski definition) is 0. The highest BCUT2D eigenvalue weighted by Gasteiger charge is 2.17. The molecule has 0 aliphatic rings. The molecule has 1 aromatic carbocycles. The van der Waals surface area contributed by atoms with Crippen molar-refractivity contribution >= 4 is 39.9 Å². The van der Waals surface area contributed by atoms with Crippen LogP contribution in [0, 0.1) is 6.92 Å². The van der Waals surface area contributed by atoms with E-state index in [1.54, 1.807) is 11.4 Å². The molecule has 132 valence electrons. The van der Waals surface area contributed by atoms with Crippen LogP contribution in [0.3, 0.4) is 0 Å². The highest BCUT2D eigenvalue weighted by molar-refractivity contribution is 6.41. The van der Waals surface area contributed by atoms with Gasteiger partial charge in [0.15, 0.2) is 5.82 Å². The van der Waals surface area contributed by atoms with Crippen molar-refractivity contribution < 1.29 is 0 Å². The van der Waals surface area contributed by atoms with Crippen molar-refractivity contribution in [3.63, 3.8) is 0 Å². The van der Waals surface area contributed by atoms with Crippen LogP contribution in [-0.2, 0) is 13.6 Å². The van der Waals surface area contributed by atoms with Crippen molar-refractivity contribution in [2.75, 3.05) is 0 Å². The largest absolute Gasteiger partial charge is 0.287 e. The second-order valence-corrected chi connectivity index (χ2v) is 6.69. The maximum Gasteiger partial charge on any atom is 0.287 e. The van der Waals surface area contributed by atoms with Crippen LogP contribution >= 0.6 is 23.2 Å². The normalized spacial score (nSPS) is 11.5. The fourth-order valence-electron chi connectivity index (χ4n) is 2.85. The molecule has 0 spiro atoms. The van der Waals surface area contributed by atoms with Crippen LogP contribution in [0.5, 0.6) is 0 Å². The predicted octanol–water partition coefficient (Wildman–Crippen LogP) is 1.80. The number of benzene rings is 1. The van der Waals surface area contributed by atoms with Gasteiger partial charge in [0.2, 0.25) is 5.78 Å². The van der Waals surface area contributed by atoms with Gasteiger partial charge < -0.3 is 0 Å². The molecule has 0 aliphatic carbocycles. The summed E-state index contributed by atoms with van der Waals surface area (Å²) in [4.78, 5) is 24.8. The number of halogens is 2. The lowest BCUT2D eigenvalue weighted by molar-refractivity contribution is 0.611. The van der Waals surface area contributed by atoms with E-state index in [-0.39, 0.29) is 22.1 Å². The molecule has 0 fully saturated rings. The van der Waals surface area contributed by atoms with Gasteiger partial charge in [-0.3, -0.25) is 18.6 Å². The van der Waals surface area contributed by atoms with Gasteiger partial charge in [0.25, 0.3) is 11.1 Å². The van der Waals surface area contributed by atoms with Crippen LogP contribution < -0.4 is 11.1 Å². The van der Waals surface area contributed by atoms with Crippen molar-refractivity contribution in [3.05, 3.63) is 66.5 Å². The average Bonchev–Trinajstić information content (AvgIpc) is 3.04. The molecule has 0 radical (unpaired) electrons. The molecule has 0 N–H and O–H groups in total. The summed E-state index contributed by atoms with van der Waals surface area (Å²) >= 11 is 11.7. The topological polar surface area (TPSA) is 87.1 Å². The number of fused-ring (bicyclic) bond motifs is 3. The van der Waals surface area contributed by atoms with Gasteiger partial charge in [-0.2, -0.15) is 5.10 Å². The second-order valence-electron chi connectivity index (χ2n) is 5.91. The molecule has 8 nitrogen and oxygen atoms in total. The molecule has 0 saturated carbocycles. The zero-order valence-corrected chi connectivity index (χ0v) is 15.3. The van der Waals surface area contributed by atoms with Crippen LogP contribution in [0.1, 0.15) is 11.4 Å². The molecule has 26 heavy (non-hydrogen) atoms. The third-order valence-corrected chi connectivity index (χ3v) is 4.92. The first-order chi connectivity index (χ1) is 12.4. The van der Waals surface area contributed by atoms with Gasteiger partial charge in [-0.1, -0.05) is 34.8 Å². The number of aromatic nitrogens is 6. The summed E-state index contributed by atoms with van der Waals surface area (Å²) in [5, 5.41) is 12.7. The van der Waals surface area contributed by atoms with Crippen LogP contribution in [-0.4, -0.2) is 28.9 Å². The van der Waals surface area contributed by atoms with Crippen molar-refractivity contribution in [2.45, 2.75) is 13.5 Å². The Kier molecular flexibility index (Phi) is 3.82. The molecule has 0 atom stereocenters. The summed E-state index contributed by atoms with van der Waals surface area (Å²) in [5.74, 6) is 0.812. The Bertz CT molecular complexity index is 1300. The second kappa shape index (κ2) is 5.93. The van der Waals surface area contributed by atoms with Crippen molar-refractivity contribution in [2.24, 2.45) is 7.05 Å². The smallest absolute Gasteiger partial charge is 0.279 e. The first-order valence-electron chi connectivity index (χ1n) is 7.63. The van der Waals surface area contributed by atoms with Crippen molar-refractivity contribution in [3.8, 4) is 0 Å². The molecule has 0 amide bonds. The van der Waals surface area contributed by atoms with Crippen LogP contribution in [0.15, 0.2) is 34.0 Å². The summed E-state index contributed by atoms with van der Waals surface area (Å²) in [5.41, 5.74) is 0.925. The van der Waals surface area contributed by atoms with Crippen LogP contribution in [0.2, 0.25) is 10.0 Å². The van der Waals surface area contributed by atoms with Crippen LogP contribution in [0.4, 0.5) is 0 Å². The molecule has 4 aromatic rings. The lowest BCUT2D eigenvalue weighted by atomic mass is 10.1. The third kappa shape index (κ3) is 2.41. The van der Waals surface area contributed by atoms with Crippen molar-refractivity contribution in [1.29, 1.82) is 0 Å². The zero-order chi connectivity index (χ0) is 18.6. The number of aryl methyl sites for hydroxylation is 2. The first kappa shape index (κ1) is 16.7. The highest BCUT2D eigenvalue weighted by atomic mass is 35.5. The lowest BCUT2D eigenvalue weighted by Crippen LogP contribution is -2.25. The molecule has 0 saturated heterocycles. The molecule has 4 rings (SSSR count). The fourth-order valence-corrected chi connectivity index (χ4v) is 3.12. The van der Waals surface area contributed by atoms with Gasteiger partial charge >= 0.3 is 0 Å². The van der Waals surface area contributed by atoms with E-state index in [4.69, 9.17) is 23.2 Å². The minimum Gasteiger partial charge on any atom is -0.279 e. The quantitative estimate of drug-likeness (QED) is 0.520. The molecule has 3 heterocycles. The number of nitrogens with zero attached hydrogens (tertiary/aromatic N) is 6. The molecular formula is C16H12Cl2N6O2. The van der Waals surface area contributed by atoms with Gasteiger partial charge in [0.05, 0.1) is 22.1 Å². The van der Waals surface area contributed by atoms with Crippen molar-refractivity contribution in [1.82, 2.24) is 28.9 Å². The van der Waals surface area contributed by atoms with E-state index in [0.29, 0.717) is 22.5 Å². The Morgan fingerprint density at radius 2 is 1.88 bits per heavy atom. The zero-order valence-electron chi connectivity index (χ0n) is 13.8. The van der Waals surface area contributed by atoms with E-state index in [1.807, 2.05) is 25.1 Å². The minimum absolute atomic E-state index is 0.0259. The maximum absolute atomic E-state index is 12.6. The van der Waals surface area contributed by atoms with Gasteiger partial charge in [-0.25, -0.2) is 4.68 Å². The van der Waals surface area contributed by atoms with Gasteiger partial charge in [-0.15, -0.1) is 10.2 Å². The Balaban J connectivity index is 2.01. The highest BCUT2D eigenvalue weighted by Crippen LogP contribution is 2.17. The van der Waals surface area contributed by atoms with E-state index >= 15 is 0 Å². The van der Waals surface area contributed by atoms with Gasteiger partial charge in [0.1, 0.15) is 11.6 Å². The minimum atomic E-state index is -0.527. The summed E-state index contributed by atoms with van der Waals surface area (Å²) < 4.78 is 4.30. The lowest BCUT2D eigenvalue weighted by Gasteiger charge is -2.09. The summed E-state index contributed by atoms with van der Waals surface area (Å²) in [6, 6.07) is 5.54. The summed E-state index contributed by atoms with van der Waals surface area (Å²) in [6.07, 6.45) is 1.30.